The summed E-state index contributed by atoms with van der Waals surface area (Å²) in [5.41, 5.74) is 15.5. The Kier molecular flexibility index (Phi) is 6.22. The van der Waals surface area contributed by atoms with E-state index >= 15 is 0 Å². The van der Waals surface area contributed by atoms with Crippen molar-refractivity contribution in [3.05, 3.63) is 150 Å². The second-order valence-corrected chi connectivity index (χ2v) is 13.7. The van der Waals surface area contributed by atoms with Gasteiger partial charge in [-0.2, -0.15) is 0 Å². The molecule has 0 spiro atoms. The van der Waals surface area contributed by atoms with E-state index in [2.05, 4.69) is 173 Å². The molecule has 1 heteroatoms. The highest BCUT2D eigenvalue weighted by Gasteiger charge is 2.24. The molecule has 1 nitrogen and oxygen atoms in total. The molecule has 7 aromatic carbocycles. The van der Waals surface area contributed by atoms with Gasteiger partial charge < -0.3 is 4.90 Å². The largest absolute Gasteiger partial charge is 0.310 e. The molecular weight excluding hydrogens is 542 g/mol. The van der Waals surface area contributed by atoms with Gasteiger partial charge in [0.05, 0.1) is 0 Å². The molecule has 218 valence electrons. The monoisotopic (exact) mass is 579 g/mol. The summed E-state index contributed by atoms with van der Waals surface area (Å²) >= 11 is 0. The van der Waals surface area contributed by atoms with Gasteiger partial charge in [-0.25, -0.2) is 0 Å². The summed E-state index contributed by atoms with van der Waals surface area (Å²) in [6, 6.07) is 49.8. The second kappa shape index (κ2) is 10.2. The van der Waals surface area contributed by atoms with Crippen LogP contribution >= 0.6 is 0 Å². The molecule has 0 atom stereocenters. The third-order valence-corrected chi connectivity index (χ3v) is 9.47. The molecule has 0 amide bonds. The molecule has 1 aliphatic carbocycles. The smallest absolute Gasteiger partial charge is 0.0490 e. The Morgan fingerprint density at radius 2 is 1.02 bits per heavy atom. The quantitative estimate of drug-likeness (QED) is 0.200. The molecule has 0 unspecified atom stereocenters. The van der Waals surface area contributed by atoms with Crippen LogP contribution in [0.5, 0.6) is 0 Å². The van der Waals surface area contributed by atoms with Crippen molar-refractivity contribution in [3.63, 3.8) is 0 Å². The zero-order chi connectivity index (χ0) is 30.9. The highest BCUT2D eigenvalue weighted by molar-refractivity contribution is 6.12. The van der Waals surface area contributed by atoms with Gasteiger partial charge in [0, 0.05) is 17.1 Å². The van der Waals surface area contributed by atoms with Crippen molar-refractivity contribution < 1.29 is 0 Å². The van der Waals surface area contributed by atoms with E-state index < -0.39 is 0 Å². The highest BCUT2D eigenvalue weighted by atomic mass is 15.1. The standard InChI is InChI=1S/C44H37N/c1-28-11-20-43(29(2)21-28)45(37-9-7-6-8-10-37)38-19-16-33-25-40-39-24-32-13-12-31(30-14-17-36(18-15-30)44(3,4)5)22-34(32)26-41(39)42(40)27-35(33)23-38/h6-27H,1-5H3. The Morgan fingerprint density at radius 1 is 0.444 bits per heavy atom. The van der Waals surface area contributed by atoms with E-state index in [0.29, 0.717) is 0 Å². The zero-order valence-electron chi connectivity index (χ0n) is 26.6. The molecule has 45 heavy (non-hydrogen) atoms. The van der Waals surface area contributed by atoms with Crippen molar-refractivity contribution in [2.45, 2.75) is 40.0 Å². The number of para-hydroxylation sites is 1. The summed E-state index contributed by atoms with van der Waals surface area (Å²) in [6.45, 7) is 11.2. The van der Waals surface area contributed by atoms with Gasteiger partial charge in [-0.1, -0.05) is 99.1 Å². The lowest BCUT2D eigenvalue weighted by atomic mass is 9.77. The van der Waals surface area contributed by atoms with E-state index in [1.165, 1.54) is 83.0 Å². The molecule has 1 aliphatic rings. The van der Waals surface area contributed by atoms with Crippen molar-refractivity contribution in [2.24, 2.45) is 0 Å². The highest BCUT2D eigenvalue weighted by Crippen LogP contribution is 2.51. The van der Waals surface area contributed by atoms with E-state index in [9.17, 15) is 0 Å². The number of fused-ring (bicyclic) bond motifs is 6. The average molecular weight is 580 g/mol. The van der Waals surface area contributed by atoms with Crippen LogP contribution in [0, 0.1) is 13.8 Å². The Labute approximate surface area is 266 Å². The maximum Gasteiger partial charge on any atom is 0.0490 e. The fourth-order valence-corrected chi connectivity index (χ4v) is 6.95. The third kappa shape index (κ3) is 4.71. The van der Waals surface area contributed by atoms with Gasteiger partial charge in [0.2, 0.25) is 0 Å². The minimum Gasteiger partial charge on any atom is -0.310 e. The van der Waals surface area contributed by atoms with E-state index in [0.717, 1.165) is 5.69 Å². The number of aryl methyl sites for hydroxylation is 2. The molecule has 8 rings (SSSR count). The average Bonchev–Trinajstić information content (AvgIpc) is 3.04. The topological polar surface area (TPSA) is 3.24 Å². The molecule has 0 bridgehead atoms. The van der Waals surface area contributed by atoms with Crippen LogP contribution in [-0.2, 0) is 5.41 Å². The molecular formula is C44H37N. The number of nitrogens with zero attached hydrogens (tertiary/aromatic N) is 1. The summed E-state index contributed by atoms with van der Waals surface area (Å²) in [6.07, 6.45) is 0. The Morgan fingerprint density at radius 3 is 1.64 bits per heavy atom. The molecule has 0 aliphatic heterocycles. The summed E-state index contributed by atoms with van der Waals surface area (Å²) in [5.74, 6) is 0. The summed E-state index contributed by atoms with van der Waals surface area (Å²) in [5, 5.41) is 5.11. The van der Waals surface area contributed by atoms with Crippen LogP contribution in [0.4, 0.5) is 17.1 Å². The van der Waals surface area contributed by atoms with E-state index in [-0.39, 0.29) is 5.41 Å². The Hall–Kier alpha value is -5.14. The lowest BCUT2D eigenvalue weighted by Gasteiger charge is -2.29. The van der Waals surface area contributed by atoms with Gasteiger partial charge >= 0.3 is 0 Å². The van der Waals surface area contributed by atoms with Gasteiger partial charge in [-0.15, -0.1) is 0 Å². The number of hydrogen-bond donors (Lipinski definition) is 0. The zero-order valence-corrected chi connectivity index (χ0v) is 26.6. The molecule has 0 saturated carbocycles. The first-order chi connectivity index (χ1) is 21.7. The molecule has 0 heterocycles. The van der Waals surface area contributed by atoms with E-state index in [1.807, 2.05) is 0 Å². The summed E-state index contributed by atoms with van der Waals surface area (Å²) in [4.78, 5) is 2.38. The maximum atomic E-state index is 2.39. The molecule has 0 fully saturated rings. The van der Waals surface area contributed by atoms with Crippen LogP contribution in [0.3, 0.4) is 0 Å². The van der Waals surface area contributed by atoms with Gasteiger partial charge in [0.1, 0.15) is 0 Å². The lowest BCUT2D eigenvalue weighted by Crippen LogP contribution is -2.11. The molecule has 0 saturated heterocycles. The predicted octanol–water partition coefficient (Wildman–Crippen LogP) is 12.7. The number of benzene rings is 7. The fraction of sp³-hybridized carbons (Fsp3) is 0.136. The molecule has 0 aromatic heterocycles. The van der Waals surface area contributed by atoms with Crippen LogP contribution in [-0.4, -0.2) is 0 Å². The van der Waals surface area contributed by atoms with Gasteiger partial charge in [0.25, 0.3) is 0 Å². The maximum absolute atomic E-state index is 2.39. The fourth-order valence-electron chi connectivity index (χ4n) is 6.95. The lowest BCUT2D eigenvalue weighted by molar-refractivity contribution is 0.590. The predicted molar refractivity (Wildman–Crippen MR) is 194 cm³/mol. The number of anilines is 3. The SMILES string of the molecule is Cc1ccc(N(c2ccccc2)c2ccc3cc4c(cc3c2)-c2cc3cc(-c5ccc(C(C)(C)C)cc5)ccc3cc2-4)c(C)c1. The first kappa shape index (κ1) is 27.4. The van der Waals surface area contributed by atoms with Gasteiger partial charge in [-0.05, 0) is 146 Å². The third-order valence-electron chi connectivity index (χ3n) is 9.47. The van der Waals surface area contributed by atoms with E-state index in [1.54, 1.807) is 0 Å². The first-order valence-electron chi connectivity index (χ1n) is 15.9. The molecule has 0 radical (unpaired) electrons. The van der Waals surface area contributed by atoms with Crippen LogP contribution < -0.4 is 4.90 Å². The van der Waals surface area contributed by atoms with Crippen LogP contribution in [0.1, 0.15) is 37.5 Å². The number of hydrogen-bond acceptors (Lipinski definition) is 1. The molecule has 7 aromatic rings. The van der Waals surface area contributed by atoms with Crippen molar-refractivity contribution in [2.75, 3.05) is 4.90 Å². The Balaban J connectivity index is 1.19. The number of rotatable bonds is 4. The van der Waals surface area contributed by atoms with Crippen molar-refractivity contribution >= 4 is 38.6 Å². The Bertz CT molecular complexity index is 2250. The van der Waals surface area contributed by atoms with Crippen LogP contribution in [0.15, 0.2) is 133 Å². The van der Waals surface area contributed by atoms with Crippen molar-refractivity contribution in [1.29, 1.82) is 0 Å². The molecule has 0 N–H and O–H groups in total. The van der Waals surface area contributed by atoms with Crippen LogP contribution in [0.25, 0.3) is 54.9 Å². The van der Waals surface area contributed by atoms with E-state index in [4.69, 9.17) is 0 Å². The first-order valence-corrected chi connectivity index (χ1v) is 15.9. The van der Waals surface area contributed by atoms with Crippen molar-refractivity contribution in [1.82, 2.24) is 0 Å². The summed E-state index contributed by atoms with van der Waals surface area (Å²) < 4.78 is 0. The second-order valence-electron chi connectivity index (χ2n) is 13.7. The minimum atomic E-state index is 0.155. The van der Waals surface area contributed by atoms with Gasteiger partial charge in [0.15, 0.2) is 0 Å². The summed E-state index contributed by atoms with van der Waals surface area (Å²) in [7, 11) is 0. The van der Waals surface area contributed by atoms with Crippen LogP contribution in [0.2, 0.25) is 0 Å². The van der Waals surface area contributed by atoms with Gasteiger partial charge in [-0.3, -0.25) is 0 Å². The normalized spacial score (nSPS) is 12.1. The van der Waals surface area contributed by atoms with Crippen molar-refractivity contribution in [3.8, 4) is 33.4 Å². The minimum absolute atomic E-state index is 0.155.